The van der Waals surface area contributed by atoms with Gasteiger partial charge in [-0.25, -0.2) is 0 Å². The summed E-state index contributed by atoms with van der Waals surface area (Å²) in [5.74, 6) is -1.02. The fourth-order valence-corrected chi connectivity index (χ4v) is 1.11. The molecule has 1 saturated heterocycles. The topological polar surface area (TPSA) is 69.4 Å². The van der Waals surface area contributed by atoms with Gasteiger partial charge < -0.3 is 10.5 Å². The molecular weight excluding hydrogens is 146 g/mol. The molecule has 0 bridgehead atoms. The molecule has 1 heterocycles. The Morgan fingerprint density at radius 2 is 2.27 bits per heavy atom. The van der Waals surface area contributed by atoms with Crippen LogP contribution in [0.5, 0.6) is 0 Å². The van der Waals surface area contributed by atoms with E-state index in [0.717, 1.165) is 6.42 Å². The van der Waals surface area contributed by atoms with Gasteiger partial charge in [0, 0.05) is 0 Å². The SMILES string of the molecule is NCCCC1CC(=O)OC1=O. The molecule has 1 rings (SSSR count). The smallest absolute Gasteiger partial charge is 0.317 e. The van der Waals surface area contributed by atoms with E-state index in [1.54, 1.807) is 0 Å². The molecule has 0 radical (unpaired) electrons. The van der Waals surface area contributed by atoms with Crippen molar-refractivity contribution in [3.63, 3.8) is 0 Å². The summed E-state index contributed by atoms with van der Waals surface area (Å²) in [6, 6.07) is 0. The Hall–Kier alpha value is -0.900. The summed E-state index contributed by atoms with van der Waals surface area (Å²) in [4.78, 5) is 21.4. The van der Waals surface area contributed by atoms with Gasteiger partial charge in [0.1, 0.15) is 0 Å². The van der Waals surface area contributed by atoms with E-state index >= 15 is 0 Å². The summed E-state index contributed by atoms with van der Waals surface area (Å²) in [5.41, 5.74) is 5.25. The van der Waals surface area contributed by atoms with E-state index in [4.69, 9.17) is 5.73 Å². The third-order valence-electron chi connectivity index (χ3n) is 1.72. The molecular formula is C7H11NO3. The molecule has 0 saturated carbocycles. The molecule has 0 aromatic rings. The van der Waals surface area contributed by atoms with Crippen LogP contribution in [0.25, 0.3) is 0 Å². The molecule has 4 nitrogen and oxygen atoms in total. The second-order valence-electron chi connectivity index (χ2n) is 2.63. The molecule has 2 N–H and O–H groups in total. The number of carbonyl (C=O) groups excluding carboxylic acids is 2. The first-order chi connectivity index (χ1) is 5.24. The minimum Gasteiger partial charge on any atom is -0.393 e. The highest BCUT2D eigenvalue weighted by Crippen LogP contribution is 2.20. The minimum atomic E-state index is -0.406. The number of hydrogen-bond donors (Lipinski definition) is 1. The van der Waals surface area contributed by atoms with Crippen molar-refractivity contribution in [2.75, 3.05) is 6.54 Å². The van der Waals surface area contributed by atoms with Crippen LogP contribution in [-0.4, -0.2) is 18.5 Å². The van der Waals surface area contributed by atoms with Crippen molar-refractivity contribution in [1.82, 2.24) is 0 Å². The Morgan fingerprint density at radius 1 is 1.55 bits per heavy atom. The number of esters is 2. The van der Waals surface area contributed by atoms with Crippen molar-refractivity contribution < 1.29 is 14.3 Å². The summed E-state index contributed by atoms with van der Waals surface area (Å²) >= 11 is 0. The van der Waals surface area contributed by atoms with Crippen molar-refractivity contribution >= 4 is 11.9 Å². The number of nitrogens with two attached hydrogens (primary N) is 1. The van der Waals surface area contributed by atoms with Crippen LogP contribution in [-0.2, 0) is 14.3 Å². The Kier molecular flexibility index (Phi) is 2.59. The maximum absolute atomic E-state index is 10.8. The van der Waals surface area contributed by atoms with Crippen LogP contribution in [0, 0.1) is 5.92 Å². The lowest BCUT2D eigenvalue weighted by molar-refractivity contribution is -0.153. The Bertz CT molecular complexity index is 179. The summed E-state index contributed by atoms with van der Waals surface area (Å²) in [6.07, 6.45) is 1.67. The van der Waals surface area contributed by atoms with Crippen molar-refractivity contribution in [3.8, 4) is 0 Å². The van der Waals surface area contributed by atoms with E-state index in [1.165, 1.54) is 0 Å². The van der Waals surface area contributed by atoms with E-state index in [2.05, 4.69) is 4.74 Å². The Labute approximate surface area is 64.7 Å². The van der Waals surface area contributed by atoms with Gasteiger partial charge in [0.05, 0.1) is 12.3 Å². The number of carbonyl (C=O) groups is 2. The second kappa shape index (κ2) is 3.48. The largest absolute Gasteiger partial charge is 0.393 e. The number of rotatable bonds is 3. The molecule has 0 spiro atoms. The van der Waals surface area contributed by atoms with Crippen LogP contribution in [0.2, 0.25) is 0 Å². The van der Waals surface area contributed by atoms with Crippen molar-refractivity contribution in [2.45, 2.75) is 19.3 Å². The molecule has 1 atom stereocenters. The zero-order valence-corrected chi connectivity index (χ0v) is 6.21. The lowest BCUT2D eigenvalue weighted by Crippen LogP contribution is -2.09. The first-order valence-corrected chi connectivity index (χ1v) is 3.68. The van der Waals surface area contributed by atoms with E-state index < -0.39 is 5.97 Å². The fourth-order valence-electron chi connectivity index (χ4n) is 1.11. The Morgan fingerprint density at radius 3 is 2.73 bits per heavy atom. The molecule has 0 aromatic carbocycles. The number of cyclic esters (lactones) is 2. The zero-order valence-electron chi connectivity index (χ0n) is 6.21. The van der Waals surface area contributed by atoms with Crippen LogP contribution in [0.15, 0.2) is 0 Å². The zero-order chi connectivity index (χ0) is 8.27. The molecule has 11 heavy (non-hydrogen) atoms. The summed E-state index contributed by atoms with van der Waals surface area (Å²) in [5, 5.41) is 0. The van der Waals surface area contributed by atoms with E-state index in [0.29, 0.717) is 13.0 Å². The molecule has 0 aliphatic carbocycles. The molecule has 0 aromatic heterocycles. The third-order valence-corrected chi connectivity index (χ3v) is 1.72. The monoisotopic (exact) mass is 157 g/mol. The quantitative estimate of drug-likeness (QED) is 0.455. The van der Waals surface area contributed by atoms with Gasteiger partial charge in [-0.1, -0.05) is 0 Å². The van der Waals surface area contributed by atoms with Crippen LogP contribution in [0.4, 0.5) is 0 Å². The van der Waals surface area contributed by atoms with Gasteiger partial charge in [-0.2, -0.15) is 0 Å². The molecule has 1 fully saturated rings. The minimum absolute atomic E-state index is 0.231. The predicted octanol–water partition coefficient (Wildman–Crippen LogP) is -0.185. The van der Waals surface area contributed by atoms with Crippen LogP contribution in [0.3, 0.4) is 0 Å². The number of ether oxygens (including phenoxy) is 1. The van der Waals surface area contributed by atoms with Crippen molar-refractivity contribution in [1.29, 1.82) is 0 Å². The summed E-state index contributed by atoms with van der Waals surface area (Å²) in [6.45, 7) is 0.554. The average molecular weight is 157 g/mol. The third kappa shape index (κ3) is 2.01. The van der Waals surface area contributed by atoms with E-state index in [9.17, 15) is 9.59 Å². The normalized spacial score (nSPS) is 23.9. The average Bonchev–Trinajstić information content (AvgIpc) is 2.26. The van der Waals surface area contributed by atoms with E-state index in [1.807, 2.05) is 0 Å². The van der Waals surface area contributed by atoms with Crippen molar-refractivity contribution in [2.24, 2.45) is 11.7 Å². The Balaban J connectivity index is 2.34. The molecule has 1 unspecified atom stereocenters. The lowest BCUT2D eigenvalue weighted by Gasteiger charge is -2.00. The predicted molar refractivity (Wildman–Crippen MR) is 37.5 cm³/mol. The highest BCUT2D eigenvalue weighted by molar-refractivity contribution is 5.94. The summed E-state index contributed by atoms with van der Waals surface area (Å²) in [7, 11) is 0. The van der Waals surface area contributed by atoms with Gasteiger partial charge in [-0.05, 0) is 19.4 Å². The van der Waals surface area contributed by atoms with Crippen LogP contribution >= 0.6 is 0 Å². The highest BCUT2D eigenvalue weighted by atomic mass is 16.6. The van der Waals surface area contributed by atoms with Gasteiger partial charge in [0.25, 0.3) is 0 Å². The highest BCUT2D eigenvalue weighted by Gasteiger charge is 2.32. The van der Waals surface area contributed by atoms with Gasteiger partial charge in [0.15, 0.2) is 0 Å². The van der Waals surface area contributed by atoms with Gasteiger partial charge in [-0.3, -0.25) is 9.59 Å². The van der Waals surface area contributed by atoms with Gasteiger partial charge >= 0.3 is 11.9 Å². The fraction of sp³-hybridized carbons (Fsp3) is 0.714. The van der Waals surface area contributed by atoms with Crippen LogP contribution in [0.1, 0.15) is 19.3 Å². The maximum Gasteiger partial charge on any atom is 0.317 e. The standard InChI is InChI=1S/C7H11NO3/c8-3-1-2-5-4-6(9)11-7(5)10/h5H,1-4,8H2. The molecule has 62 valence electrons. The lowest BCUT2D eigenvalue weighted by atomic mass is 10.0. The molecule has 0 amide bonds. The number of hydrogen-bond acceptors (Lipinski definition) is 4. The molecule has 4 heteroatoms. The van der Waals surface area contributed by atoms with Gasteiger partial charge in [0.2, 0.25) is 0 Å². The molecule has 1 aliphatic rings. The summed E-state index contributed by atoms with van der Waals surface area (Å²) < 4.78 is 4.35. The first-order valence-electron chi connectivity index (χ1n) is 3.68. The maximum atomic E-state index is 10.8. The van der Waals surface area contributed by atoms with Gasteiger partial charge in [-0.15, -0.1) is 0 Å². The van der Waals surface area contributed by atoms with E-state index in [-0.39, 0.29) is 18.3 Å². The van der Waals surface area contributed by atoms with Crippen LogP contribution < -0.4 is 5.73 Å². The second-order valence-corrected chi connectivity index (χ2v) is 2.63. The first kappa shape index (κ1) is 8.20. The molecule has 1 aliphatic heterocycles. The van der Waals surface area contributed by atoms with Crippen molar-refractivity contribution in [3.05, 3.63) is 0 Å².